The molecule has 0 radical (unpaired) electrons. The number of esters is 1. The minimum absolute atomic E-state index is 0.202. The standard InChI is InChI=1S/C12H16N4O3S/c1-2-19-10(17)5-8-14-12(20)16-15-11(18)9-3-6-13-7-4-9/h3-4,6-7H,2,5,8H2,1H3,(H,15,18)(H2,14,16,20). The fourth-order valence-corrected chi connectivity index (χ4v) is 1.40. The van der Waals surface area contributed by atoms with Gasteiger partial charge in [-0.3, -0.25) is 25.4 Å². The van der Waals surface area contributed by atoms with Crippen LogP contribution >= 0.6 is 12.2 Å². The third-order valence-corrected chi connectivity index (χ3v) is 2.40. The van der Waals surface area contributed by atoms with Gasteiger partial charge in [-0.05, 0) is 31.3 Å². The molecule has 3 N–H and O–H groups in total. The molecule has 0 spiro atoms. The zero-order valence-corrected chi connectivity index (χ0v) is 11.8. The molecule has 0 aliphatic heterocycles. The lowest BCUT2D eigenvalue weighted by atomic mass is 10.3. The van der Waals surface area contributed by atoms with Crippen molar-refractivity contribution in [1.82, 2.24) is 21.2 Å². The van der Waals surface area contributed by atoms with E-state index in [0.717, 1.165) is 0 Å². The Morgan fingerprint density at radius 1 is 1.30 bits per heavy atom. The molecule has 0 aromatic carbocycles. The van der Waals surface area contributed by atoms with E-state index in [1.165, 1.54) is 12.4 Å². The van der Waals surface area contributed by atoms with Gasteiger partial charge in [0.25, 0.3) is 5.91 Å². The molecule has 8 heteroatoms. The van der Waals surface area contributed by atoms with Crippen molar-refractivity contribution in [2.75, 3.05) is 13.2 Å². The molecular weight excluding hydrogens is 280 g/mol. The van der Waals surface area contributed by atoms with Crippen molar-refractivity contribution < 1.29 is 14.3 Å². The molecule has 7 nitrogen and oxygen atoms in total. The van der Waals surface area contributed by atoms with Gasteiger partial charge in [0.15, 0.2) is 5.11 Å². The summed E-state index contributed by atoms with van der Waals surface area (Å²) < 4.78 is 4.76. The first-order valence-corrected chi connectivity index (χ1v) is 6.44. The number of hydrogen-bond donors (Lipinski definition) is 3. The predicted molar refractivity (Wildman–Crippen MR) is 76.7 cm³/mol. The highest BCUT2D eigenvalue weighted by molar-refractivity contribution is 7.80. The molecule has 1 rings (SSSR count). The van der Waals surface area contributed by atoms with E-state index in [1.807, 2.05) is 0 Å². The molecule has 0 aliphatic carbocycles. The third kappa shape index (κ3) is 6.10. The van der Waals surface area contributed by atoms with Crippen LogP contribution in [0.3, 0.4) is 0 Å². The van der Waals surface area contributed by atoms with Crippen LogP contribution in [0.2, 0.25) is 0 Å². The lowest BCUT2D eigenvalue weighted by Crippen LogP contribution is -2.47. The first-order valence-electron chi connectivity index (χ1n) is 6.03. The number of carbonyl (C=O) groups excluding carboxylic acids is 2. The summed E-state index contributed by atoms with van der Waals surface area (Å²) in [5, 5.41) is 2.99. The van der Waals surface area contributed by atoms with Gasteiger partial charge in [0.2, 0.25) is 0 Å². The predicted octanol–water partition coefficient (Wildman–Crippen LogP) is 0.144. The number of nitrogens with zero attached hydrogens (tertiary/aromatic N) is 1. The molecule has 0 saturated carbocycles. The van der Waals surface area contributed by atoms with E-state index in [4.69, 9.17) is 17.0 Å². The number of thiocarbonyl (C=S) groups is 1. The van der Waals surface area contributed by atoms with E-state index in [1.54, 1.807) is 19.1 Å². The highest BCUT2D eigenvalue weighted by atomic mass is 32.1. The topological polar surface area (TPSA) is 92.4 Å². The summed E-state index contributed by atoms with van der Waals surface area (Å²) in [4.78, 5) is 26.5. The van der Waals surface area contributed by atoms with Crippen LogP contribution in [0.1, 0.15) is 23.7 Å². The Bertz CT molecular complexity index is 467. The van der Waals surface area contributed by atoms with Crippen LogP contribution in [0, 0.1) is 0 Å². The smallest absolute Gasteiger partial charge is 0.307 e. The Labute approximate surface area is 122 Å². The minimum atomic E-state index is -0.332. The summed E-state index contributed by atoms with van der Waals surface area (Å²) in [6.45, 7) is 2.42. The van der Waals surface area contributed by atoms with E-state index in [0.29, 0.717) is 18.7 Å². The van der Waals surface area contributed by atoms with Crippen molar-refractivity contribution in [3.05, 3.63) is 30.1 Å². The average molecular weight is 296 g/mol. The molecule has 108 valence electrons. The van der Waals surface area contributed by atoms with Crippen LogP contribution in [-0.4, -0.2) is 35.1 Å². The van der Waals surface area contributed by atoms with Crippen LogP contribution in [0.25, 0.3) is 0 Å². The molecule has 20 heavy (non-hydrogen) atoms. The second kappa shape index (κ2) is 8.81. The minimum Gasteiger partial charge on any atom is -0.466 e. The normalized spacial score (nSPS) is 9.45. The first-order chi connectivity index (χ1) is 9.63. The van der Waals surface area contributed by atoms with Crippen LogP contribution in [-0.2, 0) is 9.53 Å². The molecular formula is C12H16N4O3S. The van der Waals surface area contributed by atoms with Crippen molar-refractivity contribution in [1.29, 1.82) is 0 Å². The van der Waals surface area contributed by atoms with Gasteiger partial charge in [0.05, 0.1) is 13.0 Å². The maximum Gasteiger partial charge on any atom is 0.307 e. The maximum atomic E-state index is 11.7. The van der Waals surface area contributed by atoms with Gasteiger partial charge in [-0.2, -0.15) is 0 Å². The van der Waals surface area contributed by atoms with E-state index in [2.05, 4.69) is 21.2 Å². The van der Waals surface area contributed by atoms with Crippen LogP contribution in [0.15, 0.2) is 24.5 Å². The van der Waals surface area contributed by atoms with Crippen LogP contribution < -0.4 is 16.2 Å². The molecule has 0 fully saturated rings. The zero-order chi connectivity index (χ0) is 14.8. The molecule has 1 aromatic heterocycles. The first kappa shape index (κ1) is 15.8. The van der Waals surface area contributed by atoms with Crippen molar-refractivity contribution in [2.24, 2.45) is 0 Å². The Hall–Kier alpha value is -2.22. The maximum absolute atomic E-state index is 11.7. The summed E-state index contributed by atoms with van der Waals surface area (Å²) in [6, 6.07) is 3.16. The quantitative estimate of drug-likeness (QED) is 0.404. The summed E-state index contributed by atoms with van der Waals surface area (Å²) in [5.41, 5.74) is 5.42. The molecule has 0 saturated heterocycles. The number of carbonyl (C=O) groups is 2. The Kier molecular flexibility index (Phi) is 6.97. The summed E-state index contributed by atoms with van der Waals surface area (Å²) in [6.07, 6.45) is 3.24. The van der Waals surface area contributed by atoms with Gasteiger partial charge in [-0.25, -0.2) is 0 Å². The second-order valence-corrected chi connectivity index (χ2v) is 4.03. The molecule has 1 aromatic rings. The molecule has 1 amide bonds. The van der Waals surface area contributed by atoms with E-state index in [-0.39, 0.29) is 23.4 Å². The van der Waals surface area contributed by atoms with Crippen molar-refractivity contribution in [3.8, 4) is 0 Å². The zero-order valence-electron chi connectivity index (χ0n) is 11.0. The van der Waals surface area contributed by atoms with Crippen molar-refractivity contribution >= 4 is 29.2 Å². The van der Waals surface area contributed by atoms with E-state index >= 15 is 0 Å². The lowest BCUT2D eigenvalue weighted by Gasteiger charge is -2.11. The van der Waals surface area contributed by atoms with E-state index in [9.17, 15) is 9.59 Å². The largest absolute Gasteiger partial charge is 0.466 e. The SMILES string of the molecule is CCOC(=O)CCNC(=S)NNC(=O)c1ccncc1. The molecule has 0 bridgehead atoms. The number of amides is 1. The molecule has 1 heterocycles. The third-order valence-electron chi connectivity index (χ3n) is 2.15. The van der Waals surface area contributed by atoms with Gasteiger partial charge < -0.3 is 10.1 Å². The average Bonchev–Trinajstić information content (AvgIpc) is 2.46. The van der Waals surface area contributed by atoms with Crippen LogP contribution in [0.5, 0.6) is 0 Å². The fraction of sp³-hybridized carbons (Fsp3) is 0.333. The van der Waals surface area contributed by atoms with Gasteiger partial charge in [-0.1, -0.05) is 0 Å². The number of aromatic nitrogens is 1. The van der Waals surface area contributed by atoms with Crippen molar-refractivity contribution in [2.45, 2.75) is 13.3 Å². The summed E-state index contributed by atoms with van der Waals surface area (Å²) >= 11 is 4.94. The number of hydrogen-bond acceptors (Lipinski definition) is 5. The van der Waals surface area contributed by atoms with Gasteiger partial charge in [-0.15, -0.1) is 0 Å². The second-order valence-electron chi connectivity index (χ2n) is 3.63. The number of nitrogens with one attached hydrogen (secondary N) is 3. The highest BCUT2D eigenvalue weighted by Gasteiger charge is 2.05. The van der Waals surface area contributed by atoms with E-state index < -0.39 is 0 Å². The summed E-state index contributed by atoms with van der Waals surface area (Å²) in [5.74, 6) is -0.634. The molecule has 0 unspecified atom stereocenters. The number of hydrazine groups is 1. The Morgan fingerprint density at radius 3 is 2.65 bits per heavy atom. The highest BCUT2D eigenvalue weighted by Crippen LogP contribution is 1.94. The molecule has 0 aliphatic rings. The van der Waals surface area contributed by atoms with Gasteiger partial charge in [0, 0.05) is 24.5 Å². The fourth-order valence-electron chi connectivity index (χ4n) is 1.24. The number of rotatable bonds is 5. The van der Waals surface area contributed by atoms with Crippen molar-refractivity contribution in [3.63, 3.8) is 0 Å². The monoisotopic (exact) mass is 296 g/mol. The van der Waals surface area contributed by atoms with Gasteiger partial charge >= 0.3 is 5.97 Å². The summed E-state index contributed by atoms with van der Waals surface area (Å²) in [7, 11) is 0. The van der Waals surface area contributed by atoms with Crippen LogP contribution in [0.4, 0.5) is 0 Å². The number of ether oxygens (including phenoxy) is 1. The van der Waals surface area contributed by atoms with Gasteiger partial charge in [0.1, 0.15) is 0 Å². The Balaban J connectivity index is 2.20. The number of pyridine rings is 1. The molecule has 0 atom stereocenters. The lowest BCUT2D eigenvalue weighted by molar-refractivity contribution is -0.142. The Morgan fingerprint density at radius 2 is 2.00 bits per heavy atom.